The van der Waals surface area contributed by atoms with Gasteiger partial charge in [-0.15, -0.1) is 0 Å². The van der Waals surface area contributed by atoms with Gasteiger partial charge in [0.1, 0.15) is 0 Å². The first-order chi connectivity index (χ1) is 7.11. The number of esters is 1. The third-order valence-electron chi connectivity index (χ3n) is 2.02. The predicted octanol–water partition coefficient (Wildman–Crippen LogP) is 1.67. The molecule has 0 aliphatic carbocycles. The maximum absolute atomic E-state index is 11.5. The van der Waals surface area contributed by atoms with Gasteiger partial charge >= 0.3 is 5.97 Å². The molecule has 0 saturated heterocycles. The van der Waals surface area contributed by atoms with Gasteiger partial charge in [-0.3, -0.25) is 9.00 Å². The van der Waals surface area contributed by atoms with Crippen LogP contribution in [0, 0.1) is 0 Å². The van der Waals surface area contributed by atoms with Gasteiger partial charge in [-0.05, 0) is 12.5 Å². The molecule has 0 amide bonds. The molecule has 1 rings (SSSR count). The summed E-state index contributed by atoms with van der Waals surface area (Å²) >= 11 is 0. The van der Waals surface area contributed by atoms with E-state index < -0.39 is 10.8 Å². The minimum absolute atomic E-state index is 0.0317. The fourth-order valence-electron chi connectivity index (χ4n) is 1.14. The molecule has 1 aromatic rings. The smallest absolute Gasteiger partial charge is 0.314 e. The van der Waals surface area contributed by atoms with E-state index in [-0.39, 0.29) is 17.8 Å². The highest BCUT2D eigenvalue weighted by Crippen LogP contribution is 2.15. The Morgan fingerprint density at radius 1 is 1.40 bits per heavy atom. The van der Waals surface area contributed by atoms with E-state index >= 15 is 0 Å². The van der Waals surface area contributed by atoms with Gasteiger partial charge in [-0.1, -0.05) is 30.3 Å². The van der Waals surface area contributed by atoms with Crippen LogP contribution in [0.5, 0.6) is 0 Å². The normalized spacial score (nSPS) is 14.3. The van der Waals surface area contributed by atoms with Gasteiger partial charge in [0.2, 0.25) is 0 Å². The first-order valence-electron chi connectivity index (χ1n) is 4.63. The lowest BCUT2D eigenvalue weighted by Crippen LogP contribution is -2.15. The zero-order valence-corrected chi connectivity index (χ0v) is 9.62. The van der Waals surface area contributed by atoms with Crippen molar-refractivity contribution in [3.05, 3.63) is 35.9 Å². The molecule has 0 saturated carbocycles. The van der Waals surface area contributed by atoms with Gasteiger partial charge in [0.15, 0.2) is 5.94 Å². The minimum atomic E-state index is -1.10. The van der Waals surface area contributed by atoms with Crippen LogP contribution in [-0.2, 0) is 20.3 Å². The second kappa shape index (κ2) is 5.66. The van der Waals surface area contributed by atoms with E-state index in [4.69, 9.17) is 4.74 Å². The molecule has 2 unspecified atom stereocenters. The van der Waals surface area contributed by atoms with E-state index in [0.717, 1.165) is 5.56 Å². The molecule has 0 fully saturated rings. The Hall–Kier alpha value is -1.16. The van der Waals surface area contributed by atoms with Crippen LogP contribution in [0.15, 0.2) is 30.3 Å². The van der Waals surface area contributed by atoms with E-state index in [1.807, 2.05) is 30.3 Å². The number of benzene rings is 1. The minimum Gasteiger partial charge on any atom is -0.452 e. The van der Waals surface area contributed by atoms with Gasteiger partial charge < -0.3 is 4.74 Å². The molecule has 0 radical (unpaired) electrons. The van der Waals surface area contributed by atoms with Crippen molar-refractivity contribution in [2.45, 2.75) is 12.8 Å². The van der Waals surface area contributed by atoms with E-state index in [1.54, 1.807) is 6.92 Å². The molecule has 3 nitrogen and oxygen atoms in total. The lowest BCUT2D eigenvalue weighted by molar-refractivity contribution is -0.142. The van der Waals surface area contributed by atoms with Crippen LogP contribution in [0.2, 0.25) is 0 Å². The topological polar surface area (TPSA) is 43.4 Å². The molecule has 82 valence electrons. The fourth-order valence-corrected chi connectivity index (χ4v) is 1.43. The Morgan fingerprint density at radius 3 is 2.53 bits per heavy atom. The highest BCUT2D eigenvalue weighted by Gasteiger charge is 2.16. The van der Waals surface area contributed by atoms with E-state index in [9.17, 15) is 9.00 Å². The first kappa shape index (κ1) is 11.9. The molecule has 0 N–H and O–H groups in total. The molecule has 0 aliphatic rings. The maximum Gasteiger partial charge on any atom is 0.314 e. The molecule has 4 heteroatoms. The second-order valence-corrected chi connectivity index (χ2v) is 4.67. The predicted molar refractivity (Wildman–Crippen MR) is 59.9 cm³/mol. The Morgan fingerprint density at radius 2 is 2.00 bits per heavy atom. The van der Waals surface area contributed by atoms with Crippen molar-refractivity contribution in [3.8, 4) is 0 Å². The third-order valence-corrected chi connectivity index (χ3v) is 2.47. The van der Waals surface area contributed by atoms with Crippen molar-refractivity contribution in [1.82, 2.24) is 0 Å². The molecule has 0 aromatic heterocycles. The van der Waals surface area contributed by atoms with Gasteiger partial charge in [0.05, 0.1) is 16.7 Å². The molecule has 15 heavy (non-hydrogen) atoms. The van der Waals surface area contributed by atoms with Gasteiger partial charge in [-0.2, -0.15) is 0 Å². The van der Waals surface area contributed by atoms with Crippen LogP contribution >= 0.6 is 0 Å². The Labute approximate surface area is 91.9 Å². The summed E-state index contributed by atoms with van der Waals surface area (Å²) in [6.45, 7) is 1.77. The number of carbonyl (C=O) groups excluding carboxylic acids is 1. The summed E-state index contributed by atoms with van der Waals surface area (Å²) in [6, 6.07) is 9.38. The lowest BCUT2D eigenvalue weighted by atomic mass is 10.0. The summed E-state index contributed by atoms with van der Waals surface area (Å²) in [5, 5.41) is 0. The molecule has 2 atom stereocenters. The quantitative estimate of drug-likeness (QED) is 0.733. The Kier molecular flexibility index (Phi) is 4.49. The van der Waals surface area contributed by atoms with Crippen LogP contribution in [0.4, 0.5) is 0 Å². The summed E-state index contributed by atoms with van der Waals surface area (Å²) in [6.07, 6.45) is 1.50. The van der Waals surface area contributed by atoms with Crippen molar-refractivity contribution in [2.75, 3.05) is 12.2 Å². The van der Waals surface area contributed by atoms with E-state index in [0.29, 0.717) is 0 Å². The lowest BCUT2D eigenvalue weighted by Gasteiger charge is -2.10. The van der Waals surface area contributed by atoms with Gasteiger partial charge in [0, 0.05) is 6.26 Å². The van der Waals surface area contributed by atoms with E-state index in [2.05, 4.69) is 0 Å². The molecule has 0 bridgehead atoms. The molecule has 0 heterocycles. The van der Waals surface area contributed by atoms with Crippen molar-refractivity contribution in [1.29, 1.82) is 0 Å². The van der Waals surface area contributed by atoms with Crippen molar-refractivity contribution in [2.24, 2.45) is 0 Å². The molecule has 0 aliphatic heterocycles. The molecule has 0 spiro atoms. The summed E-state index contributed by atoms with van der Waals surface area (Å²) in [5.41, 5.74) is 0.907. The third kappa shape index (κ3) is 3.83. The standard InChI is InChI=1S/C11H14O3S/c1-9(10-6-4-3-5-7-10)11(12)14-8-15(2)13/h3-7,9H,8H2,1-2H3. The van der Waals surface area contributed by atoms with Gasteiger partial charge in [0.25, 0.3) is 0 Å². The summed E-state index contributed by atoms with van der Waals surface area (Å²) in [7, 11) is -1.10. The van der Waals surface area contributed by atoms with Crippen LogP contribution in [0.3, 0.4) is 0 Å². The number of hydrogen-bond donors (Lipinski definition) is 0. The van der Waals surface area contributed by atoms with Crippen LogP contribution in [0.25, 0.3) is 0 Å². The highest BCUT2D eigenvalue weighted by molar-refractivity contribution is 7.84. The number of ether oxygens (including phenoxy) is 1. The Bertz CT molecular complexity index is 348. The zero-order valence-electron chi connectivity index (χ0n) is 8.80. The number of rotatable bonds is 4. The summed E-state index contributed by atoms with van der Waals surface area (Å²) in [4.78, 5) is 11.5. The highest BCUT2D eigenvalue weighted by atomic mass is 32.2. The molecular formula is C11H14O3S. The zero-order chi connectivity index (χ0) is 11.3. The van der Waals surface area contributed by atoms with Crippen molar-refractivity contribution in [3.63, 3.8) is 0 Å². The fraction of sp³-hybridized carbons (Fsp3) is 0.364. The van der Waals surface area contributed by atoms with E-state index in [1.165, 1.54) is 6.26 Å². The summed E-state index contributed by atoms with van der Waals surface area (Å²) < 4.78 is 15.6. The van der Waals surface area contributed by atoms with Crippen LogP contribution in [-0.4, -0.2) is 22.4 Å². The van der Waals surface area contributed by atoms with Crippen molar-refractivity contribution >= 4 is 16.8 Å². The largest absolute Gasteiger partial charge is 0.452 e. The van der Waals surface area contributed by atoms with Crippen LogP contribution < -0.4 is 0 Å². The number of hydrogen-bond acceptors (Lipinski definition) is 3. The van der Waals surface area contributed by atoms with Crippen molar-refractivity contribution < 1.29 is 13.7 Å². The average molecular weight is 226 g/mol. The number of carbonyl (C=O) groups is 1. The second-order valence-electron chi connectivity index (χ2n) is 3.29. The summed E-state index contributed by atoms with van der Waals surface area (Å²) in [5.74, 6) is -0.679. The molecular weight excluding hydrogens is 212 g/mol. The first-order valence-corrected chi connectivity index (χ1v) is 6.35. The SMILES string of the molecule is CC(C(=O)OCS(C)=O)c1ccccc1. The monoisotopic (exact) mass is 226 g/mol. The van der Waals surface area contributed by atoms with Gasteiger partial charge in [-0.25, -0.2) is 0 Å². The van der Waals surface area contributed by atoms with Crippen LogP contribution in [0.1, 0.15) is 18.4 Å². The molecule has 1 aromatic carbocycles. The average Bonchev–Trinajstić information content (AvgIpc) is 2.26. The Balaban J connectivity index is 2.57. The maximum atomic E-state index is 11.5.